The Labute approximate surface area is 107 Å². The van der Waals surface area contributed by atoms with E-state index in [1.165, 1.54) is 0 Å². The summed E-state index contributed by atoms with van der Waals surface area (Å²) in [6, 6.07) is 0. The quantitative estimate of drug-likeness (QED) is 0.856. The van der Waals surface area contributed by atoms with Crippen LogP contribution in [0.4, 0.5) is 0 Å². The van der Waals surface area contributed by atoms with Gasteiger partial charge in [-0.3, -0.25) is 4.68 Å². The van der Waals surface area contributed by atoms with Gasteiger partial charge in [-0.15, -0.1) is 0 Å². The zero-order valence-electron chi connectivity index (χ0n) is 10.2. The highest BCUT2D eigenvalue weighted by Crippen LogP contribution is 2.27. The maximum Gasteiger partial charge on any atom is 0.0855 e. The summed E-state index contributed by atoms with van der Waals surface area (Å²) in [6.07, 6.45) is 1.04. The Morgan fingerprint density at radius 2 is 2.25 bits per heavy atom. The molecule has 0 bridgehead atoms. The molecule has 0 spiro atoms. The minimum atomic E-state index is 0.571. The molecular weight excluding hydrogens is 242 g/mol. The van der Waals surface area contributed by atoms with Gasteiger partial charge in [0, 0.05) is 17.5 Å². The molecule has 1 heterocycles. The maximum absolute atomic E-state index is 6.23. The SMILES string of the molecule is CCn1nc(C)c(Cl)c1CSC(C)CCN. The highest BCUT2D eigenvalue weighted by atomic mass is 35.5. The van der Waals surface area contributed by atoms with Gasteiger partial charge in [-0.05, 0) is 26.8 Å². The molecule has 5 heteroatoms. The van der Waals surface area contributed by atoms with Crippen molar-refractivity contribution < 1.29 is 0 Å². The van der Waals surface area contributed by atoms with Crippen LogP contribution in [0.3, 0.4) is 0 Å². The van der Waals surface area contributed by atoms with E-state index in [2.05, 4.69) is 18.9 Å². The molecule has 0 aliphatic heterocycles. The number of nitrogens with two attached hydrogens (primary N) is 1. The van der Waals surface area contributed by atoms with Crippen LogP contribution in [-0.4, -0.2) is 21.6 Å². The molecule has 0 saturated carbocycles. The first kappa shape index (κ1) is 13.9. The average molecular weight is 262 g/mol. The normalized spacial score (nSPS) is 13.1. The van der Waals surface area contributed by atoms with Crippen molar-refractivity contribution in [2.45, 2.75) is 44.7 Å². The number of hydrogen-bond acceptors (Lipinski definition) is 3. The van der Waals surface area contributed by atoms with Gasteiger partial charge in [0.15, 0.2) is 0 Å². The first-order chi connectivity index (χ1) is 7.60. The molecule has 0 amide bonds. The predicted molar refractivity (Wildman–Crippen MR) is 72.1 cm³/mol. The second-order valence-corrected chi connectivity index (χ2v) is 5.67. The molecule has 0 fully saturated rings. The van der Waals surface area contributed by atoms with Gasteiger partial charge in [0.2, 0.25) is 0 Å². The number of thioether (sulfide) groups is 1. The third-order valence-electron chi connectivity index (χ3n) is 2.53. The second kappa shape index (κ2) is 6.52. The molecule has 3 nitrogen and oxygen atoms in total. The van der Waals surface area contributed by atoms with Gasteiger partial charge in [-0.25, -0.2) is 0 Å². The van der Waals surface area contributed by atoms with E-state index >= 15 is 0 Å². The number of aryl methyl sites for hydroxylation is 2. The third-order valence-corrected chi connectivity index (χ3v) is 4.27. The summed E-state index contributed by atoms with van der Waals surface area (Å²) in [5, 5.41) is 5.78. The Morgan fingerprint density at radius 3 is 2.81 bits per heavy atom. The summed E-state index contributed by atoms with van der Waals surface area (Å²) in [5.41, 5.74) is 7.59. The van der Waals surface area contributed by atoms with Crippen LogP contribution in [0.15, 0.2) is 0 Å². The van der Waals surface area contributed by atoms with Crippen molar-refractivity contribution in [3.8, 4) is 0 Å². The summed E-state index contributed by atoms with van der Waals surface area (Å²) in [4.78, 5) is 0. The van der Waals surface area contributed by atoms with Crippen LogP contribution in [-0.2, 0) is 12.3 Å². The molecule has 0 aliphatic rings. The minimum Gasteiger partial charge on any atom is -0.330 e. The van der Waals surface area contributed by atoms with Gasteiger partial charge in [0.1, 0.15) is 0 Å². The van der Waals surface area contributed by atoms with Gasteiger partial charge in [0.05, 0.1) is 16.4 Å². The van der Waals surface area contributed by atoms with Crippen molar-refractivity contribution in [1.29, 1.82) is 0 Å². The third kappa shape index (κ3) is 3.40. The van der Waals surface area contributed by atoms with E-state index in [1.54, 1.807) is 0 Å². The average Bonchev–Trinajstić information content (AvgIpc) is 2.53. The molecule has 1 rings (SSSR count). The molecule has 0 saturated heterocycles. The van der Waals surface area contributed by atoms with Crippen molar-refractivity contribution in [3.63, 3.8) is 0 Å². The molecule has 0 radical (unpaired) electrons. The van der Waals surface area contributed by atoms with E-state index in [0.717, 1.165) is 41.7 Å². The number of rotatable bonds is 6. The lowest BCUT2D eigenvalue weighted by atomic mass is 10.3. The van der Waals surface area contributed by atoms with Gasteiger partial charge in [0.25, 0.3) is 0 Å². The summed E-state index contributed by atoms with van der Waals surface area (Å²) < 4.78 is 1.99. The van der Waals surface area contributed by atoms with Crippen LogP contribution in [0, 0.1) is 6.92 Å². The molecule has 1 aromatic heterocycles. The lowest BCUT2D eigenvalue weighted by Crippen LogP contribution is -2.08. The summed E-state index contributed by atoms with van der Waals surface area (Å²) in [7, 11) is 0. The molecule has 0 aliphatic carbocycles. The maximum atomic E-state index is 6.23. The van der Waals surface area contributed by atoms with Crippen molar-refractivity contribution >= 4 is 23.4 Å². The molecule has 2 N–H and O–H groups in total. The molecule has 1 aromatic rings. The highest BCUT2D eigenvalue weighted by molar-refractivity contribution is 7.99. The fraction of sp³-hybridized carbons (Fsp3) is 0.727. The first-order valence-corrected chi connectivity index (χ1v) is 7.06. The van der Waals surface area contributed by atoms with E-state index in [9.17, 15) is 0 Å². The Hall–Kier alpha value is -0.190. The number of halogens is 1. The zero-order chi connectivity index (χ0) is 12.1. The fourth-order valence-corrected chi connectivity index (χ4v) is 2.87. The van der Waals surface area contributed by atoms with Gasteiger partial charge in [-0.2, -0.15) is 16.9 Å². The van der Waals surface area contributed by atoms with Crippen LogP contribution >= 0.6 is 23.4 Å². The highest BCUT2D eigenvalue weighted by Gasteiger charge is 2.13. The molecule has 0 aromatic carbocycles. The molecule has 1 atom stereocenters. The standard InChI is InChI=1S/C11H20ClN3S/c1-4-15-10(11(12)9(3)14-15)7-16-8(2)5-6-13/h8H,4-7,13H2,1-3H3. The first-order valence-electron chi connectivity index (χ1n) is 5.63. The Bertz CT molecular complexity index is 338. The number of hydrogen-bond donors (Lipinski definition) is 1. The Morgan fingerprint density at radius 1 is 1.56 bits per heavy atom. The second-order valence-electron chi connectivity index (χ2n) is 3.86. The van der Waals surface area contributed by atoms with Gasteiger partial charge >= 0.3 is 0 Å². The Balaban J connectivity index is 2.65. The van der Waals surface area contributed by atoms with E-state index in [1.807, 2.05) is 23.4 Å². The number of aromatic nitrogens is 2. The summed E-state index contributed by atoms with van der Waals surface area (Å²) >= 11 is 8.12. The van der Waals surface area contributed by atoms with Crippen molar-refractivity contribution in [1.82, 2.24) is 9.78 Å². The topological polar surface area (TPSA) is 43.8 Å². The van der Waals surface area contributed by atoms with Crippen molar-refractivity contribution in [3.05, 3.63) is 16.4 Å². The molecule has 16 heavy (non-hydrogen) atoms. The van der Waals surface area contributed by atoms with E-state index in [-0.39, 0.29) is 0 Å². The smallest absolute Gasteiger partial charge is 0.0855 e. The lowest BCUT2D eigenvalue weighted by Gasteiger charge is -2.10. The monoisotopic (exact) mass is 261 g/mol. The largest absolute Gasteiger partial charge is 0.330 e. The zero-order valence-corrected chi connectivity index (χ0v) is 11.7. The van der Waals surface area contributed by atoms with E-state index < -0.39 is 0 Å². The fourth-order valence-electron chi connectivity index (χ4n) is 1.55. The molecular formula is C11H20ClN3S. The minimum absolute atomic E-state index is 0.571. The van der Waals surface area contributed by atoms with Crippen LogP contribution in [0.5, 0.6) is 0 Å². The van der Waals surface area contributed by atoms with Crippen LogP contribution < -0.4 is 5.73 Å². The van der Waals surface area contributed by atoms with E-state index in [4.69, 9.17) is 17.3 Å². The van der Waals surface area contributed by atoms with Gasteiger partial charge < -0.3 is 5.73 Å². The lowest BCUT2D eigenvalue weighted by molar-refractivity contribution is 0.631. The van der Waals surface area contributed by atoms with Crippen LogP contribution in [0.25, 0.3) is 0 Å². The predicted octanol–water partition coefficient (Wildman–Crippen LogP) is 2.84. The summed E-state index contributed by atoms with van der Waals surface area (Å²) in [6.45, 7) is 7.85. The molecule has 92 valence electrons. The summed E-state index contributed by atoms with van der Waals surface area (Å²) in [5.74, 6) is 0.911. The van der Waals surface area contributed by atoms with Crippen LogP contribution in [0.1, 0.15) is 31.7 Å². The Kier molecular flexibility index (Phi) is 5.66. The van der Waals surface area contributed by atoms with Gasteiger partial charge in [-0.1, -0.05) is 18.5 Å². The number of nitrogens with zero attached hydrogens (tertiary/aromatic N) is 2. The van der Waals surface area contributed by atoms with Crippen LogP contribution in [0.2, 0.25) is 5.02 Å². The molecule has 1 unspecified atom stereocenters. The van der Waals surface area contributed by atoms with Crippen molar-refractivity contribution in [2.75, 3.05) is 6.54 Å². The van der Waals surface area contributed by atoms with E-state index in [0.29, 0.717) is 5.25 Å². The van der Waals surface area contributed by atoms with Crippen molar-refractivity contribution in [2.24, 2.45) is 5.73 Å².